The van der Waals surface area contributed by atoms with Crippen molar-refractivity contribution in [3.63, 3.8) is 0 Å². The highest BCUT2D eigenvalue weighted by Crippen LogP contribution is 2.31. The number of ether oxygens (including phenoxy) is 1. The Kier molecular flexibility index (Phi) is 6.00. The molecule has 0 aliphatic rings. The molecule has 1 unspecified atom stereocenters. The van der Waals surface area contributed by atoms with Crippen molar-refractivity contribution < 1.29 is 31.8 Å². The van der Waals surface area contributed by atoms with Crippen molar-refractivity contribution in [2.45, 2.75) is 12.3 Å². The fourth-order valence-electron chi connectivity index (χ4n) is 2.04. The second-order valence-corrected chi connectivity index (χ2v) is 5.30. The number of halogens is 5. The summed E-state index contributed by atoms with van der Waals surface area (Å²) in [6.45, 7) is -0.716. The Bertz CT molecular complexity index is 795. The van der Waals surface area contributed by atoms with Gasteiger partial charge in [0.1, 0.15) is 24.1 Å². The van der Waals surface area contributed by atoms with Crippen LogP contribution in [0, 0.1) is 23.0 Å². The van der Waals surface area contributed by atoms with Gasteiger partial charge in [-0.15, -0.1) is 0 Å². The quantitative estimate of drug-likeness (QED) is 0.759. The van der Waals surface area contributed by atoms with Crippen LogP contribution in [-0.2, 0) is 6.18 Å². The van der Waals surface area contributed by atoms with Crippen LogP contribution >= 0.6 is 0 Å². The first kappa shape index (κ1) is 19.5. The molecule has 4 nitrogen and oxygen atoms in total. The number of aliphatic hydroxyl groups is 1. The van der Waals surface area contributed by atoms with E-state index in [0.717, 1.165) is 30.3 Å². The minimum Gasteiger partial charge on any atom is -0.491 e. The van der Waals surface area contributed by atoms with E-state index in [0.29, 0.717) is 0 Å². The number of hydrogen-bond donors (Lipinski definition) is 2. The van der Waals surface area contributed by atoms with E-state index in [1.54, 1.807) is 6.07 Å². The first-order chi connectivity index (χ1) is 12.2. The Labute approximate surface area is 145 Å². The highest BCUT2D eigenvalue weighted by molar-refractivity contribution is 5.50. The summed E-state index contributed by atoms with van der Waals surface area (Å²) < 4.78 is 70.2. The van der Waals surface area contributed by atoms with Crippen LogP contribution in [0.15, 0.2) is 36.4 Å². The maximum atomic E-state index is 13.7. The lowest BCUT2D eigenvalue weighted by Gasteiger charge is -2.15. The average molecular weight is 372 g/mol. The lowest BCUT2D eigenvalue weighted by molar-refractivity contribution is -0.137. The highest BCUT2D eigenvalue weighted by Gasteiger charge is 2.30. The standard InChI is InChI=1S/C17H13F5N2O2/c18-14-4-10(7-23)5-15(19)16(14)24-8-12(25)9-26-13-3-1-2-11(6-13)17(20,21)22/h1-6,12,24-25H,8-9H2. The number of hydrogen-bond acceptors (Lipinski definition) is 4. The molecule has 2 N–H and O–H groups in total. The Morgan fingerprint density at radius 2 is 1.81 bits per heavy atom. The Morgan fingerprint density at radius 1 is 1.15 bits per heavy atom. The van der Waals surface area contributed by atoms with Gasteiger partial charge in [-0.2, -0.15) is 18.4 Å². The minimum atomic E-state index is -4.52. The van der Waals surface area contributed by atoms with Crippen molar-refractivity contribution in [1.82, 2.24) is 0 Å². The molecule has 2 rings (SSSR count). The molecule has 0 bridgehead atoms. The Hall–Kier alpha value is -2.86. The fourth-order valence-corrected chi connectivity index (χ4v) is 2.04. The number of anilines is 1. The molecule has 0 saturated carbocycles. The van der Waals surface area contributed by atoms with Gasteiger partial charge < -0.3 is 15.2 Å². The van der Waals surface area contributed by atoms with Gasteiger partial charge in [0, 0.05) is 6.54 Å². The van der Waals surface area contributed by atoms with Crippen LogP contribution in [0.3, 0.4) is 0 Å². The summed E-state index contributed by atoms with van der Waals surface area (Å²) >= 11 is 0. The molecular formula is C17H13F5N2O2. The summed E-state index contributed by atoms with van der Waals surface area (Å²) in [6, 6.07) is 7.36. The summed E-state index contributed by atoms with van der Waals surface area (Å²) in [4.78, 5) is 0. The lowest BCUT2D eigenvalue weighted by Crippen LogP contribution is -2.27. The molecule has 0 aliphatic carbocycles. The third-order valence-electron chi connectivity index (χ3n) is 3.29. The van der Waals surface area contributed by atoms with Crippen molar-refractivity contribution in [2.24, 2.45) is 0 Å². The SMILES string of the molecule is N#Cc1cc(F)c(NCC(O)COc2cccc(C(F)(F)F)c2)c(F)c1. The van der Waals surface area contributed by atoms with Crippen LogP contribution < -0.4 is 10.1 Å². The largest absolute Gasteiger partial charge is 0.491 e. The van der Waals surface area contributed by atoms with Crippen molar-refractivity contribution in [2.75, 3.05) is 18.5 Å². The zero-order valence-electron chi connectivity index (χ0n) is 13.1. The molecule has 0 spiro atoms. The van der Waals surface area contributed by atoms with Gasteiger partial charge in [-0.3, -0.25) is 0 Å². The number of nitrogens with zero attached hydrogens (tertiary/aromatic N) is 1. The van der Waals surface area contributed by atoms with Crippen LogP contribution in [0.2, 0.25) is 0 Å². The van der Waals surface area contributed by atoms with E-state index in [-0.39, 0.29) is 17.9 Å². The molecule has 0 heterocycles. The van der Waals surface area contributed by atoms with Crippen LogP contribution in [0.1, 0.15) is 11.1 Å². The number of nitrogens with one attached hydrogen (secondary N) is 1. The van der Waals surface area contributed by atoms with E-state index in [1.165, 1.54) is 6.07 Å². The van der Waals surface area contributed by atoms with Gasteiger partial charge in [-0.1, -0.05) is 6.07 Å². The predicted octanol–water partition coefficient (Wildman–Crippen LogP) is 3.71. The predicted molar refractivity (Wildman–Crippen MR) is 82.5 cm³/mol. The van der Waals surface area contributed by atoms with Crippen molar-refractivity contribution in [3.8, 4) is 11.8 Å². The lowest BCUT2D eigenvalue weighted by atomic mass is 10.2. The fraction of sp³-hybridized carbons (Fsp3) is 0.235. The molecule has 0 radical (unpaired) electrons. The molecule has 0 aliphatic heterocycles. The molecule has 1 atom stereocenters. The molecule has 9 heteroatoms. The molecule has 138 valence electrons. The van der Waals surface area contributed by atoms with E-state index in [9.17, 15) is 27.1 Å². The van der Waals surface area contributed by atoms with Crippen LogP contribution in [0.25, 0.3) is 0 Å². The zero-order chi connectivity index (χ0) is 19.3. The maximum absolute atomic E-state index is 13.7. The van der Waals surface area contributed by atoms with Gasteiger partial charge in [0.25, 0.3) is 0 Å². The third-order valence-corrected chi connectivity index (χ3v) is 3.29. The van der Waals surface area contributed by atoms with Crippen LogP contribution in [0.5, 0.6) is 5.75 Å². The first-order valence-corrected chi connectivity index (χ1v) is 7.32. The summed E-state index contributed by atoms with van der Waals surface area (Å²) in [5, 5.41) is 20.7. The number of alkyl halides is 3. The van der Waals surface area contributed by atoms with E-state index >= 15 is 0 Å². The van der Waals surface area contributed by atoms with Crippen LogP contribution in [-0.4, -0.2) is 24.4 Å². The molecular weight excluding hydrogens is 359 g/mol. The Balaban J connectivity index is 1.92. The van der Waals surface area contributed by atoms with E-state index < -0.39 is 41.8 Å². The topological polar surface area (TPSA) is 65.3 Å². The van der Waals surface area contributed by atoms with Crippen molar-refractivity contribution in [3.05, 3.63) is 59.2 Å². The summed E-state index contributed by atoms with van der Waals surface area (Å²) in [5.74, 6) is -2.12. The molecule has 0 amide bonds. The summed E-state index contributed by atoms with van der Waals surface area (Å²) in [7, 11) is 0. The molecule has 0 aromatic heterocycles. The number of aliphatic hydroxyl groups excluding tert-OH is 1. The molecule has 2 aromatic carbocycles. The summed E-state index contributed by atoms with van der Waals surface area (Å²) in [5.41, 5.74) is -1.62. The van der Waals surface area contributed by atoms with Gasteiger partial charge in [0.05, 0.1) is 17.2 Å². The average Bonchev–Trinajstić information content (AvgIpc) is 2.58. The smallest absolute Gasteiger partial charge is 0.416 e. The second-order valence-electron chi connectivity index (χ2n) is 5.30. The molecule has 26 heavy (non-hydrogen) atoms. The zero-order valence-corrected chi connectivity index (χ0v) is 13.1. The van der Waals surface area contributed by atoms with E-state index in [2.05, 4.69) is 5.32 Å². The number of benzene rings is 2. The van der Waals surface area contributed by atoms with E-state index in [1.807, 2.05) is 0 Å². The van der Waals surface area contributed by atoms with Crippen LogP contribution in [0.4, 0.5) is 27.6 Å². The van der Waals surface area contributed by atoms with Gasteiger partial charge in [-0.25, -0.2) is 8.78 Å². The van der Waals surface area contributed by atoms with E-state index in [4.69, 9.17) is 10.00 Å². The minimum absolute atomic E-state index is 0.102. The van der Waals surface area contributed by atoms with Crippen molar-refractivity contribution in [1.29, 1.82) is 5.26 Å². The monoisotopic (exact) mass is 372 g/mol. The number of nitriles is 1. The van der Waals surface area contributed by atoms with Gasteiger partial charge >= 0.3 is 6.18 Å². The second kappa shape index (κ2) is 8.01. The summed E-state index contributed by atoms with van der Waals surface area (Å²) in [6.07, 6.45) is -5.77. The maximum Gasteiger partial charge on any atom is 0.416 e. The molecule has 2 aromatic rings. The molecule has 0 saturated heterocycles. The third kappa shape index (κ3) is 5.07. The normalized spacial score (nSPS) is 12.3. The van der Waals surface area contributed by atoms with Gasteiger partial charge in [-0.05, 0) is 30.3 Å². The number of rotatable bonds is 6. The first-order valence-electron chi connectivity index (χ1n) is 7.32. The van der Waals surface area contributed by atoms with Crippen molar-refractivity contribution >= 4 is 5.69 Å². The van der Waals surface area contributed by atoms with Gasteiger partial charge in [0.15, 0.2) is 11.6 Å². The Morgan fingerprint density at radius 3 is 2.38 bits per heavy atom. The molecule has 0 fully saturated rings. The van der Waals surface area contributed by atoms with Gasteiger partial charge in [0.2, 0.25) is 0 Å². The highest BCUT2D eigenvalue weighted by atomic mass is 19.4.